The summed E-state index contributed by atoms with van der Waals surface area (Å²) in [7, 11) is 0. The predicted molar refractivity (Wildman–Crippen MR) is 105 cm³/mol. The zero-order chi connectivity index (χ0) is 19.6. The van der Waals surface area contributed by atoms with E-state index in [9.17, 15) is 9.59 Å². The molecule has 3 rings (SSSR count). The van der Waals surface area contributed by atoms with Crippen molar-refractivity contribution in [3.05, 3.63) is 64.6 Å². The molecule has 2 heterocycles. The number of halogens is 1. The number of pyridine rings is 1. The highest BCUT2D eigenvalue weighted by Gasteiger charge is 2.19. The van der Waals surface area contributed by atoms with Crippen LogP contribution in [-0.4, -0.2) is 27.4 Å². The van der Waals surface area contributed by atoms with Gasteiger partial charge in [0, 0.05) is 11.9 Å². The van der Waals surface area contributed by atoms with Crippen LogP contribution in [0.4, 0.5) is 5.69 Å². The Balaban J connectivity index is 1.91. The lowest BCUT2D eigenvalue weighted by Crippen LogP contribution is -2.17. The third-order valence-electron chi connectivity index (χ3n) is 3.90. The van der Waals surface area contributed by atoms with E-state index in [4.69, 9.17) is 16.3 Å². The Bertz CT molecular complexity index is 1010. The van der Waals surface area contributed by atoms with Crippen LogP contribution >= 0.6 is 11.6 Å². The summed E-state index contributed by atoms with van der Waals surface area (Å²) in [6.45, 7) is 5.50. The molecule has 0 aliphatic carbocycles. The third-order valence-corrected chi connectivity index (χ3v) is 4.13. The topological polar surface area (TPSA) is 72.7 Å². The van der Waals surface area contributed by atoms with Gasteiger partial charge in [0.15, 0.2) is 0 Å². The van der Waals surface area contributed by atoms with Gasteiger partial charge in [0.2, 0.25) is 0 Å². The predicted octanol–water partition coefficient (Wildman–Crippen LogP) is 4.37. The lowest BCUT2D eigenvalue weighted by atomic mass is 10.2. The Morgan fingerprint density at radius 1 is 1.26 bits per heavy atom. The molecule has 0 fully saturated rings. The summed E-state index contributed by atoms with van der Waals surface area (Å²) in [5, 5.41) is 3.34. The molecule has 3 aromatic rings. The minimum atomic E-state index is -0.433. The lowest BCUT2D eigenvalue weighted by molar-refractivity contribution is 0.0377. The lowest BCUT2D eigenvalue weighted by Gasteiger charge is -2.10. The molecule has 6 nitrogen and oxygen atoms in total. The fourth-order valence-electron chi connectivity index (χ4n) is 2.75. The van der Waals surface area contributed by atoms with Crippen molar-refractivity contribution >= 4 is 34.8 Å². The van der Waals surface area contributed by atoms with Crippen molar-refractivity contribution in [3.8, 4) is 0 Å². The van der Waals surface area contributed by atoms with Crippen molar-refractivity contribution in [2.45, 2.75) is 33.3 Å². The number of rotatable bonds is 5. The van der Waals surface area contributed by atoms with E-state index in [1.807, 2.05) is 6.92 Å². The molecule has 140 valence electrons. The fourth-order valence-corrected chi connectivity index (χ4v) is 2.91. The fraction of sp³-hybridized carbons (Fsp3) is 0.250. The van der Waals surface area contributed by atoms with Gasteiger partial charge in [0.1, 0.15) is 11.3 Å². The Kier molecular flexibility index (Phi) is 5.46. The van der Waals surface area contributed by atoms with E-state index in [1.165, 1.54) is 0 Å². The number of benzene rings is 1. The van der Waals surface area contributed by atoms with Gasteiger partial charge in [-0.1, -0.05) is 24.6 Å². The first-order valence-corrected chi connectivity index (χ1v) is 9.05. The van der Waals surface area contributed by atoms with E-state index < -0.39 is 5.97 Å². The number of anilines is 1. The average Bonchev–Trinajstić information content (AvgIpc) is 2.99. The molecule has 7 heteroatoms. The normalized spacial score (nSPS) is 11.0. The zero-order valence-electron chi connectivity index (χ0n) is 15.3. The summed E-state index contributed by atoms with van der Waals surface area (Å²) in [6.07, 6.45) is 2.04. The first kappa shape index (κ1) is 18.9. The van der Waals surface area contributed by atoms with Gasteiger partial charge in [-0.3, -0.25) is 9.20 Å². The highest BCUT2D eigenvalue weighted by molar-refractivity contribution is 6.30. The Morgan fingerprint density at radius 3 is 2.74 bits per heavy atom. The van der Waals surface area contributed by atoms with Crippen molar-refractivity contribution in [1.82, 2.24) is 9.38 Å². The molecule has 0 aliphatic rings. The molecule has 0 aliphatic heterocycles. The summed E-state index contributed by atoms with van der Waals surface area (Å²) in [6, 6.07) is 10.1. The summed E-state index contributed by atoms with van der Waals surface area (Å²) < 4.78 is 6.87. The number of ether oxygens (including phenoxy) is 1. The second-order valence-corrected chi connectivity index (χ2v) is 6.76. The minimum absolute atomic E-state index is 0.217. The number of hydrogen-bond acceptors (Lipinski definition) is 4. The van der Waals surface area contributed by atoms with Crippen LogP contribution in [-0.2, 0) is 11.2 Å². The first-order valence-electron chi connectivity index (χ1n) is 8.68. The van der Waals surface area contributed by atoms with Crippen LogP contribution in [0.3, 0.4) is 0 Å². The highest BCUT2D eigenvalue weighted by atomic mass is 35.5. The zero-order valence-corrected chi connectivity index (χ0v) is 16.1. The Morgan fingerprint density at radius 2 is 2.04 bits per heavy atom. The molecule has 1 amide bonds. The summed E-state index contributed by atoms with van der Waals surface area (Å²) >= 11 is 6.07. The van der Waals surface area contributed by atoms with Crippen LogP contribution in [0.2, 0.25) is 5.02 Å². The van der Waals surface area contributed by atoms with Gasteiger partial charge >= 0.3 is 5.97 Å². The van der Waals surface area contributed by atoms with Crippen molar-refractivity contribution in [2.24, 2.45) is 0 Å². The number of hydrogen-bond donors (Lipinski definition) is 1. The second kappa shape index (κ2) is 7.80. The smallest absolute Gasteiger partial charge is 0.338 e. The molecule has 27 heavy (non-hydrogen) atoms. The van der Waals surface area contributed by atoms with Crippen LogP contribution in [0.1, 0.15) is 47.3 Å². The summed E-state index contributed by atoms with van der Waals surface area (Å²) in [5.41, 5.74) is 2.61. The Labute approximate surface area is 162 Å². The summed E-state index contributed by atoms with van der Waals surface area (Å²) in [4.78, 5) is 29.5. The van der Waals surface area contributed by atoms with Crippen LogP contribution < -0.4 is 5.32 Å². The van der Waals surface area contributed by atoms with E-state index in [1.54, 1.807) is 60.8 Å². The van der Waals surface area contributed by atoms with E-state index in [2.05, 4.69) is 10.3 Å². The molecular weight excluding hydrogens is 366 g/mol. The minimum Gasteiger partial charge on any atom is -0.459 e. The number of imidazole rings is 1. The van der Waals surface area contributed by atoms with Gasteiger partial charge in [-0.25, -0.2) is 9.78 Å². The van der Waals surface area contributed by atoms with Crippen LogP contribution in [0.5, 0.6) is 0 Å². The van der Waals surface area contributed by atoms with E-state index in [0.717, 1.165) is 0 Å². The first-order chi connectivity index (χ1) is 12.9. The van der Waals surface area contributed by atoms with Gasteiger partial charge < -0.3 is 10.1 Å². The maximum Gasteiger partial charge on any atom is 0.338 e. The van der Waals surface area contributed by atoms with E-state index in [-0.39, 0.29) is 12.0 Å². The number of carbonyl (C=O) groups excluding carboxylic acids is 2. The molecule has 2 aromatic heterocycles. The monoisotopic (exact) mass is 385 g/mol. The largest absolute Gasteiger partial charge is 0.459 e. The number of nitrogens with one attached hydrogen (secondary N) is 1. The molecule has 0 spiro atoms. The number of nitrogens with zero attached hydrogens (tertiary/aromatic N) is 2. The number of fused-ring (bicyclic) bond motifs is 1. The standard InChI is InChI=1S/C20H20ClN3O3/c1-4-16-18(24-11-14(21)8-9-17(24)23-16)19(25)22-15-7-5-6-13(10-15)20(26)27-12(2)3/h5-12H,4H2,1-3H3,(H,22,25). The average molecular weight is 386 g/mol. The second-order valence-electron chi connectivity index (χ2n) is 6.33. The van der Waals surface area contributed by atoms with Crippen LogP contribution in [0.25, 0.3) is 5.65 Å². The maximum absolute atomic E-state index is 12.9. The molecule has 1 N–H and O–H groups in total. The Hall–Kier alpha value is -2.86. The van der Waals surface area contributed by atoms with Gasteiger partial charge in [-0.15, -0.1) is 0 Å². The van der Waals surface area contributed by atoms with E-state index in [0.29, 0.717) is 39.7 Å². The SMILES string of the molecule is CCc1nc2ccc(Cl)cn2c1C(=O)Nc1cccc(C(=O)OC(C)C)c1. The molecule has 0 atom stereocenters. The molecule has 0 radical (unpaired) electrons. The van der Waals surface area contributed by atoms with Crippen molar-refractivity contribution < 1.29 is 14.3 Å². The highest BCUT2D eigenvalue weighted by Crippen LogP contribution is 2.20. The number of carbonyl (C=O) groups is 2. The van der Waals surface area contributed by atoms with Gasteiger partial charge in [-0.2, -0.15) is 0 Å². The molecule has 1 aromatic carbocycles. The molecule has 0 unspecified atom stereocenters. The number of aryl methyl sites for hydroxylation is 1. The molecule has 0 saturated heterocycles. The van der Waals surface area contributed by atoms with Gasteiger partial charge in [0.25, 0.3) is 5.91 Å². The van der Waals surface area contributed by atoms with Crippen molar-refractivity contribution in [1.29, 1.82) is 0 Å². The number of aromatic nitrogens is 2. The van der Waals surface area contributed by atoms with Crippen LogP contribution in [0, 0.1) is 0 Å². The van der Waals surface area contributed by atoms with Crippen molar-refractivity contribution in [2.75, 3.05) is 5.32 Å². The van der Waals surface area contributed by atoms with Crippen molar-refractivity contribution in [3.63, 3.8) is 0 Å². The van der Waals surface area contributed by atoms with Gasteiger partial charge in [-0.05, 0) is 50.6 Å². The maximum atomic E-state index is 12.9. The summed E-state index contributed by atoms with van der Waals surface area (Å²) in [5.74, 6) is -0.757. The molecular formula is C20H20ClN3O3. The third kappa shape index (κ3) is 4.11. The molecule has 0 bridgehead atoms. The molecule has 0 saturated carbocycles. The quantitative estimate of drug-likeness (QED) is 0.662. The van der Waals surface area contributed by atoms with Crippen LogP contribution in [0.15, 0.2) is 42.6 Å². The van der Waals surface area contributed by atoms with E-state index >= 15 is 0 Å². The van der Waals surface area contributed by atoms with Gasteiger partial charge in [0.05, 0.1) is 22.4 Å². The number of esters is 1. The number of amides is 1.